The molecule has 12 nitrogen and oxygen atoms in total. The SMILES string of the molecule is O=C1C2C3C=CC(c4ccccc4)(C2C(=O)N1c1ccccc1[N+](=O)[O-])C1C(=O)N(c2ccccc2[N+](=O)[O-])C(=O)C31. The van der Waals surface area contributed by atoms with Gasteiger partial charge in [-0.3, -0.25) is 39.4 Å². The monoisotopic (exact) mass is 564 g/mol. The van der Waals surface area contributed by atoms with Gasteiger partial charge in [0.15, 0.2) is 0 Å². The zero-order valence-electron chi connectivity index (χ0n) is 21.6. The summed E-state index contributed by atoms with van der Waals surface area (Å²) in [6, 6.07) is 19.5. The Balaban J connectivity index is 1.44. The summed E-state index contributed by atoms with van der Waals surface area (Å²) in [4.78, 5) is 80.8. The van der Waals surface area contributed by atoms with Crippen LogP contribution in [0, 0.1) is 49.8 Å². The van der Waals surface area contributed by atoms with E-state index in [0.29, 0.717) is 5.56 Å². The number of nitro benzene ring substituents is 2. The fourth-order valence-electron chi connectivity index (χ4n) is 7.57. The Morgan fingerprint density at radius 2 is 1.02 bits per heavy atom. The Bertz CT molecular complexity index is 1680. The Hall–Kier alpha value is -5.52. The van der Waals surface area contributed by atoms with Gasteiger partial charge in [-0.1, -0.05) is 66.7 Å². The van der Waals surface area contributed by atoms with Crippen molar-refractivity contribution < 1.29 is 29.0 Å². The lowest BCUT2D eigenvalue weighted by molar-refractivity contribution is -0.384. The van der Waals surface area contributed by atoms with Crippen LogP contribution in [0.2, 0.25) is 0 Å². The van der Waals surface area contributed by atoms with Crippen LogP contribution in [0.5, 0.6) is 0 Å². The molecule has 12 heteroatoms. The third kappa shape index (κ3) is 3.05. The lowest BCUT2D eigenvalue weighted by Gasteiger charge is -2.53. The minimum absolute atomic E-state index is 0.182. The average molecular weight is 565 g/mol. The summed E-state index contributed by atoms with van der Waals surface area (Å²) in [6.45, 7) is 0. The first-order chi connectivity index (χ1) is 20.2. The topological polar surface area (TPSA) is 161 Å². The number of hydrogen-bond donors (Lipinski definition) is 0. The number of benzene rings is 3. The molecule has 3 aromatic carbocycles. The standard InChI is InChI=1S/C30H20N4O8/c35-26-22-17-14-15-30(16-8-2-1-3-9-16,24(22)28(37)31(26)18-10-4-6-12-20(18)33(39)40)25-23(17)27(36)32(29(25)38)19-11-5-7-13-21(19)34(41)42/h1-15,17,22-25H. The molecule has 208 valence electrons. The summed E-state index contributed by atoms with van der Waals surface area (Å²) in [5, 5.41) is 23.6. The summed E-state index contributed by atoms with van der Waals surface area (Å²) in [7, 11) is 0. The van der Waals surface area contributed by atoms with Gasteiger partial charge in [-0.25, -0.2) is 9.80 Å². The Labute approximate surface area is 237 Å². The number of amides is 4. The van der Waals surface area contributed by atoms with Crippen LogP contribution in [-0.4, -0.2) is 33.5 Å². The molecular weight excluding hydrogens is 544 g/mol. The number of nitrogens with zero attached hydrogens (tertiary/aromatic N) is 4. The second-order valence-corrected chi connectivity index (χ2v) is 10.8. The van der Waals surface area contributed by atoms with Gasteiger partial charge >= 0.3 is 0 Å². The summed E-state index contributed by atoms with van der Waals surface area (Å²) in [6.07, 6.45) is 3.38. The van der Waals surface area contributed by atoms with Gasteiger partial charge in [0.2, 0.25) is 23.6 Å². The Morgan fingerprint density at radius 1 is 0.595 bits per heavy atom. The largest absolute Gasteiger partial charge is 0.293 e. The van der Waals surface area contributed by atoms with Crippen molar-refractivity contribution in [1.82, 2.24) is 0 Å². The van der Waals surface area contributed by atoms with Gasteiger partial charge < -0.3 is 0 Å². The minimum Gasteiger partial charge on any atom is -0.274 e. The average Bonchev–Trinajstić information content (AvgIpc) is 3.44. The third-order valence-corrected chi connectivity index (χ3v) is 9.07. The maximum Gasteiger partial charge on any atom is 0.293 e. The summed E-state index contributed by atoms with van der Waals surface area (Å²) >= 11 is 0. The van der Waals surface area contributed by atoms with Crippen molar-refractivity contribution in [3.63, 3.8) is 0 Å². The smallest absolute Gasteiger partial charge is 0.274 e. The van der Waals surface area contributed by atoms with E-state index in [-0.39, 0.29) is 11.4 Å². The lowest BCUT2D eigenvalue weighted by Crippen LogP contribution is -2.60. The molecule has 2 aliphatic heterocycles. The molecule has 3 fully saturated rings. The zero-order valence-corrected chi connectivity index (χ0v) is 21.6. The Kier molecular flexibility index (Phi) is 5.29. The van der Waals surface area contributed by atoms with Crippen LogP contribution in [0.25, 0.3) is 0 Å². The quantitative estimate of drug-likeness (QED) is 0.197. The van der Waals surface area contributed by atoms with Crippen molar-refractivity contribution in [2.75, 3.05) is 9.80 Å². The van der Waals surface area contributed by atoms with Crippen LogP contribution in [0.15, 0.2) is 91.0 Å². The van der Waals surface area contributed by atoms with E-state index in [4.69, 9.17) is 0 Å². The molecule has 2 saturated heterocycles. The number of anilines is 2. The van der Waals surface area contributed by atoms with E-state index >= 15 is 0 Å². The molecule has 1 saturated carbocycles. The zero-order chi connectivity index (χ0) is 29.5. The third-order valence-electron chi connectivity index (χ3n) is 9.07. The molecule has 8 rings (SSSR count). The van der Waals surface area contributed by atoms with Crippen LogP contribution in [-0.2, 0) is 24.6 Å². The number of nitro groups is 2. The molecule has 2 bridgehead atoms. The van der Waals surface area contributed by atoms with Gasteiger partial charge in [-0.05, 0) is 17.7 Å². The molecule has 42 heavy (non-hydrogen) atoms. The van der Waals surface area contributed by atoms with E-state index in [0.717, 1.165) is 9.80 Å². The van der Waals surface area contributed by atoms with Crippen LogP contribution in [0.4, 0.5) is 22.7 Å². The van der Waals surface area contributed by atoms with Crippen molar-refractivity contribution in [3.05, 3.63) is 117 Å². The molecule has 0 N–H and O–H groups in total. The lowest BCUT2D eigenvalue weighted by atomic mass is 9.45. The van der Waals surface area contributed by atoms with E-state index in [1.54, 1.807) is 42.5 Å². The van der Waals surface area contributed by atoms with Gasteiger partial charge in [0.05, 0.1) is 33.5 Å². The molecule has 3 aromatic rings. The molecule has 0 radical (unpaired) electrons. The molecule has 4 unspecified atom stereocenters. The van der Waals surface area contributed by atoms with Crippen molar-refractivity contribution >= 4 is 46.4 Å². The van der Waals surface area contributed by atoms with E-state index < -0.39 is 79.9 Å². The van der Waals surface area contributed by atoms with Crippen LogP contribution in [0.1, 0.15) is 5.56 Å². The second-order valence-electron chi connectivity index (χ2n) is 10.8. The van der Waals surface area contributed by atoms with E-state index in [1.807, 2.05) is 0 Å². The number of allylic oxidation sites excluding steroid dienone is 2. The molecule has 5 aliphatic rings. The fourth-order valence-corrected chi connectivity index (χ4v) is 7.57. The normalized spacial score (nSPS) is 29.2. The minimum atomic E-state index is -1.47. The number of rotatable bonds is 5. The highest BCUT2D eigenvalue weighted by Gasteiger charge is 2.75. The van der Waals surface area contributed by atoms with Gasteiger partial charge in [0.1, 0.15) is 11.4 Å². The summed E-state index contributed by atoms with van der Waals surface area (Å²) < 4.78 is 0. The first kappa shape index (κ1) is 25.4. The summed E-state index contributed by atoms with van der Waals surface area (Å²) in [5.41, 5.74) is -2.18. The van der Waals surface area contributed by atoms with Gasteiger partial charge in [-0.15, -0.1) is 0 Å². The maximum absolute atomic E-state index is 14.3. The molecule has 3 aliphatic carbocycles. The number of para-hydroxylation sites is 4. The second kappa shape index (κ2) is 8.74. The maximum atomic E-state index is 14.3. The molecule has 4 amide bonds. The van der Waals surface area contributed by atoms with E-state index in [2.05, 4.69) is 0 Å². The summed E-state index contributed by atoms with van der Waals surface area (Å²) in [5.74, 6) is -8.18. The molecule has 0 spiro atoms. The number of imide groups is 2. The number of carbonyl (C=O) groups excluding carboxylic acids is 4. The van der Waals surface area contributed by atoms with E-state index in [1.165, 1.54) is 48.5 Å². The van der Waals surface area contributed by atoms with Gasteiger partial charge in [0, 0.05) is 23.5 Å². The van der Waals surface area contributed by atoms with Crippen LogP contribution < -0.4 is 9.80 Å². The highest BCUT2D eigenvalue weighted by Crippen LogP contribution is 2.65. The van der Waals surface area contributed by atoms with Crippen molar-refractivity contribution in [2.24, 2.45) is 29.6 Å². The molecule has 2 heterocycles. The first-order valence-corrected chi connectivity index (χ1v) is 13.2. The molecular formula is C30H20N4O8. The van der Waals surface area contributed by atoms with Crippen LogP contribution >= 0.6 is 0 Å². The molecule has 4 atom stereocenters. The first-order valence-electron chi connectivity index (χ1n) is 13.2. The Morgan fingerprint density at radius 3 is 1.48 bits per heavy atom. The van der Waals surface area contributed by atoms with Crippen LogP contribution in [0.3, 0.4) is 0 Å². The number of carbonyl (C=O) groups is 4. The van der Waals surface area contributed by atoms with Crippen molar-refractivity contribution in [1.29, 1.82) is 0 Å². The number of hydrogen-bond acceptors (Lipinski definition) is 8. The van der Waals surface area contributed by atoms with Gasteiger partial charge in [-0.2, -0.15) is 0 Å². The highest BCUT2D eigenvalue weighted by atomic mass is 16.6. The predicted octanol–water partition coefficient (Wildman–Crippen LogP) is 3.55. The molecule has 0 aromatic heterocycles. The highest BCUT2D eigenvalue weighted by molar-refractivity contribution is 6.28. The fraction of sp³-hybridized carbons (Fsp3) is 0.200. The van der Waals surface area contributed by atoms with Gasteiger partial charge in [0.25, 0.3) is 11.4 Å². The van der Waals surface area contributed by atoms with Crippen molar-refractivity contribution in [3.8, 4) is 0 Å². The predicted molar refractivity (Wildman–Crippen MR) is 146 cm³/mol. The van der Waals surface area contributed by atoms with E-state index in [9.17, 15) is 39.4 Å². The van der Waals surface area contributed by atoms with Crippen molar-refractivity contribution in [2.45, 2.75) is 5.41 Å².